The van der Waals surface area contributed by atoms with Crippen LogP contribution in [-0.2, 0) is 11.2 Å². The van der Waals surface area contributed by atoms with Crippen molar-refractivity contribution >= 4 is 0 Å². The molecular formula is C14H16O2. The molecule has 2 rings (SSSR count). The van der Waals surface area contributed by atoms with Crippen LogP contribution in [0.4, 0.5) is 0 Å². The third-order valence-electron chi connectivity index (χ3n) is 2.62. The average molecular weight is 216 g/mol. The van der Waals surface area contributed by atoms with Crippen LogP contribution in [0.25, 0.3) is 0 Å². The van der Waals surface area contributed by atoms with Gasteiger partial charge >= 0.3 is 0 Å². The smallest absolute Gasteiger partial charge is 0.120 e. The van der Waals surface area contributed by atoms with Crippen LogP contribution in [0.15, 0.2) is 54.3 Å². The minimum atomic E-state index is 0.0718. The van der Waals surface area contributed by atoms with E-state index in [0.717, 1.165) is 18.4 Å². The molecule has 16 heavy (non-hydrogen) atoms. The SMILES string of the molecule is OCC1=COC(Cc2ccccc2)C=CC1. The first-order valence-electron chi connectivity index (χ1n) is 5.53. The second-order valence-electron chi connectivity index (χ2n) is 3.93. The maximum atomic E-state index is 9.01. The molecule has 1 heterocycles. The zero-order valence-electron chi connectivity index (χ0n) is 9.17. The van der Waals surface area contributed by atoms with E-state index in [1.165, 1.54) is 5.56 Å². The Labute approximate surface area is 95.9 Å². The first-order valence-corrected chi connectivity index (χ1v) is 5.53. The molecule has 0 fully saturated rings. The standard InChI is InChI=1S/C14H16O2/c15-10-13-7-4-8-14(16-11-13)9-12-5-2-1-3-6-12/h1-6,8,11,14-15H,7,9-10H2. The van der Waals surface area contributed by atoms with Crippen molar-refractivity contribution in [3.63, 3.8) is 0 Å². The molecule has 1 aliphatic rings. The summed E-state index contributed by atoms with van der Waals surface area (Å²) >= 11 is 0. The average Bonchev–Trinajstić information content (AvgIpc) is 2.56. The number of hydrogen-bond donors (Lipinski definition) is 1. The highest BCUT2D eigenvalue weighted by atomic mass is 16.5. The van der Waals surface area contributed by atoms with Crippen molar-refractivity contribution in [3.05, 3.63) is 59.9 Å². The molecule has 1 N–H and O–H groups in total. The lowest BCUT2D eigenvalue weighted by molar-refractivity contribution is 0.183. The summed E-state index contributed by atoms with van der Waals surface area (Å²) in [4.78, 5) is 0. The van der Waals surface area contributed by atoms with Crippen LogP contribution in [0.2, 0.25) is 0 Å². The van der Waals surface area contributed by atoms with Crippen LogP contribution in [0.1, 0.15) is 12.0 Å². The Morgan fingerprint density at radius 2 is 2.06 bits per heavy atom. The Bertz CT molecular complexity index is 379. The molecule has 1 aromatic rings. The highest BCUT2D eigenvalue weighted by Gasteiger charge is 2.08. The number of hydrogen-bond acceptors (Lipinski definition) is 2. The molecule has 0 aromatic heterocycles. The van der Waals surface area contributed by atoms with Gasteiger partial charge in [-0.1, -0.05) is 36.4 Å². The molecule has 0 spiro atoms. The van der Waals surface area contributed by atoms with Gasteiger partial charge in [-0.2, -0.15) is 0 Å². The lowest BCUT2D eigenvalue weighted by Gasteiger charge is -2.11. The highest BCUT2D eigenvalue weighted by Crippen LogP contribution is 2.14. The van der Waals surface area contributed by atoms with Crippen LogP contribution in [-0.4, -0.2) is 17.8 Å². The number of ether oxygens (including phenoxy) is 1. The van der Waals surface area contributed by atoms with Gasteiger partial charge in [0.15, 0.2) is 0 Å². The fourth-order valence-electron chi connectivity index (χ4n) is 1.71. The number of rotatable bonds is 3. The summed E-state index contributed by atoms with van der Waals surface area (Å²) in [5.41, 5.74) is 2.19. The van der Waals surface area contributed by atoms with E-state index in [4.69, 9.17) is 9.84 Å². The van der Waals surface area contributed by atoms with Crippen molar-refractivity contribution in [3.8, 4) is 0 Å². The maximum Gasteiger partial charge on any atom is 0.120 e. The van der Waals surface area contributed by atoms with Gasteiger partial charge in [-0.05, 0) is 23.6 Å². The van der Waals surface area contributed by atoms with Gasteiger partial charge in [0.05, 0.1) is 12.9 Å². The summed E-state index contributed by atoms with van der Waals surface area (Å²) in [7, 11) is 0. The van der Waals surface area contributed by atoms with E-state index in [2.05, 4.69) is 24.3 Å². The fraction of sp³-hybridized carbons (Fsp3) is 0.286. The Balaban J connectivity index is 1.99. The van der Waals surface area contributed by atoms with Crippen LogP contribution in [0, 0.1) is 0 Å². The second-order valence-corrected chi connectivity index (χ2v) is 3.93. The lowest BCUT2D eigenvalue weighted by Crippen LogP contribution is -2.09. The molecule has 0 amide bonds. The van der Waals surface area contributed by atoms with E-state index >= 15 is 0 Å². The molecule has 0 aliphatic carbocycles. The van der Waals surface area contributed by atoms with Crippen LogP contribution >= 0.6 is 0 Å². The summed E-state index contributed by atoms with van der Waals surface area (Å²) in [5, 5.41) is 9.01. The summed E-state index contributed by atoms with van der Waals surface area (Å²) in [6, 6.07) is 10.3. The first kappa shape index (κ1) is 11.0. The van der Waals surface area contributed by atoms with E-state index in [-0.39, 0.29) is 12.7 Å². The van der Waals surface area contributed by atoms with Crippen LogP contribution in [0.3, 0.4) is 0 Å². The molecule has 2 nitrogen and oxygen atoms in total. The van der Waals surface area contributed by atoms with Crippen LogP contribution in [0.5, 0.6) is 0 Å². The van der Waals surface area contributed by atoms with Gasteiger partial charge in [-0.25, -0.2) is 0 Å². The number of benzene rings is 1. The van der Waals surface area contributed by atoms with E-state index < -0.39 is 0 Å². The predicted octanol–water partition coefficient (Wildman–Crippen LogP) is 2.45. The maximum absolute atomic E-state index is 9.01. The van der Waals surface area contributed by atoms with Gasteiger partial charge in [-0.15, -0.1) is 0 Å². The van der Waals surface area contributed by atoms with Gasteiger partial charge < -0.3 is 9.84 Å². The number of aliphatic hydroxyl groups excluding tert-OH is 1. The van der Waals surface area contributed by atoms with Gasteiger partial charge in [0.25, 0.3) is 0 Å². The zero-order chi connectivity index (χ0) is 11.2. The van der Waals surface area contributed by atoms with Crippen molar-refractivity contribution in [2.75, 3.05) is 6.61 Å². The third kappa shape index (κ3) is 2.97. The molecule has 1 aliphatic heterocycles. The molecule has 1 aromatic carbocycles. The van der Waals surface area contributed by atoms with Gasteiger partial charge in [-0.3, -0.25) is 0 Å². The number of allylic oxidation sites excluding steroid dienone is 1. The van der Waals surface area contributed by atoms with Crippen molar-refractivity contribution in [2.24, 2.45) is 0 Å². The number of aliphatic hydroxyl groups is 1. The molecular weight excluding hydrogens is 200 g/mol. The quantitative estimate of drug-likeness (QED) is 0.786. The predicted molar refractivity (Wildman–Crippen MR) is 63.9 cm³/mol. The minimum absolute atomic E-state index is 0.0718. The van der Waals surface area contributed by atoms with Gasteiger partial charge in [0.2, 0.25) is 0 Å². The Morgan fingerprint density at radius 3 is 2.81 bits per heavy atom. The summed E-state index contributed by atoms with van der Waals surface area (Å²) < 4.78 is 5.60. The zero-order valence-corrected chi connectivity index (χ0v) is 9.17. The van der Waals surface area contributed by atoms with E-state index in [0.29, 0.717) is 0 Å². The molecule has 1 unspecified atom stereocenters. The summed E-state index contributed by atoms with van der Waals surface area (Å²) in [6.45, 7) is 0.0718. The topological polar surface area (TPSA) is 29.5 Å². The van der Waals surface area contributed by atoms with Crippen molar-refractivity contribution in [2.45, 2.75) is 18.9 Å². The van der Waals surface area contributed by atoms with Crippen LogP contribution < -0.4 is 0 Å². The van der Waals surface area contributed by atoms with E-state index in [9.17, 15) is 0 Å². The Hall–Kier alpha value is -1.54. The van der Waals surface area contributed by atoms with Crippen molar-refractivity contribution < 1.29 is 9.84 Å². The third-order valence-corrected chi connectivity index (χ3v) is 2.62. The molecule has 2 heteroatoms. The Kier molecular flexibility index (Phi) is 3.78. The molecule has 1 atom stereocenters. The first-order chi connectivity index (χ1) is 7.88. The summed E-state index contributed by atoms with van der Waals surface area (Å²) in [6.07, 6.45) is 7.53. The van der Waals surface area contributed by atoms with Gasteiger partial charge in [0, 0.05) is 6.42 Å². The lowest BCUT2D eigenvalue weighted by atomic mass is 10.1. The molecule has 0 bridgehead atoms. The largest absolute Gasteiger partial charge is 0.494 e. The fourth-order valence-corrected chi connectivity index (χ4v) is 1.71. The van der Waals surface area contributed by atoms with Gasteiger partial charge in [0.1, 0.15) is 6.10 Å². The second kappa shape index (κ2) is 5.52. The molecule has 0 saturated heterocycles. The Morgan fingerprint density at radius 1 is 1.25 bits per heavy atom. The van der Waals surface area contributed by atoms with E-state index in [1.807, 2.05) is 18.2 Å². The normalized spacial score (nSPS) is 19.8. The monoisotopic (exact) mass is 216 g/mol. The van der Waals surface area contributed by atoms with Crippen molar-refractivity contribution in [1.29, 1.82) is 0 Å². The highest BCUT2D eigenvalue weighted by molar-refractivity contribution is 5.18. The molecule has 0 saturated carbocycles. The van der Waals surface area contributed by atoms with Crippen molar-refractivity contribution in [1.82, 2.24) is 0 Å². The summed E-state index contributed by atoms with van der Waals surface area (Å²) in [5.74, 6) is 0. The molecule has 0 radical (unpaired) electrons. The minimum Gasteiger partial charge on any atom is -0.494 e. The molecule has 84 valence electrons. The van der Waals surface area contributed by atoms with E-state index in [1.54, 1.807) is 6.26 Å².